The van der Waals surface area contributed by atoms with E-state index in [0.29, 0.717) is 6.42 Å². The first-order valence-electron chi connectivity index (χ1n) is 7.24. The maximum Gasteiger partial charge on any atom is 0.0621 e. The van der Waals surface area contributed by atoms with Crippen LogP contribution in [0.15, 0.2) is 46.9 Å². The second kappa shape index (κ2) is 6.11. The lowest BCUT2D eigenvalue weighted by molar-refractivity contribution is 0.175. The van der Waals surface area contributed by atoms with Crippen LogP contribution in [0, 0.1) is 0 Å². The Morgan fingerprint density at radius 2 is 1.80 bits per heavy atom. The molecule has 0 bridgehead atoms. The molecule has 0 aromatic heterocycles. The van der Waals surface area contributed by atoms with Crippen LogP contribution in [-0.2, 0) is 25.7 Å². The highest BCUT2D eigenvalue weighted by atomic mass is 79.9. The van der Waals surface area contributed by atoms with Gasteiger partial charge in [-0.2, -0.15) is 0 Å². The predicted molar refractivity (Wildman–Crippen MR) is 86.0 cm³/mol. The van der Waals surface area contributed by atoms with Crippen molar-refractivity contribution in [2.45, 2.75) is 38.2 Å². The van der Waals surface area contributed by atoms with Gasteiger partial charge < -0.3 is 5.11 Å². The van der Waals surface area contributed by atoms with E-state index in [2.05, 4.69) is 40.2 Å². The average molecular weight is 331 g/mol. The van der Waals surface area contributed by atoms with Gasteiger partial charge in [0.05, 0.1) is 6.10 Å². The molecule has 0 saturated carbocycles. The first-order valence-corrected chi connectivity index (χ1v) is 8.04. The molecule has 0 fully saturated rings. The third-order valence-electron chi connectivity index (χ3n) is 4.05. The van der Waals surface area contributed by atoms with Gasteiger partial charge in [-0.1, -0.05) is 52.3 Å². The summed E-state index contributed by atoms with van der Waals surface area (Å²) in [6.45, 7) is 0. The van der Waals surface area contributed by atoms with Gasteiger partial charge >= 0.3 is 0 Å². The number of aliphatic hydroxyl groups is 1. The summed E-state index contributed by atoms with van der Waals surface area (Å²) in [6, 6.07) is 14.8. The molecule has 2 heteroatoms. The van der Waals surface area contributed by atoms with Gasteiger partial charge in [-0.15, -0.1) is 0 Å². The van der Waals surface area contributed by atoms with E-state index >= 15 is 0 Å². The molecule has 0 amide bonds. The van der Waals surface area contributed by atoms with Crippen molar-refractivity contribution in [3.8, 4) is 0 Å². The third kappa shape index (κ3) is 3.13. The van der Waals surface area contributed by atoms with Gasteiger partial charge in [0, 0.05) is 4.47 Å². The Labute approximate surface area is 128 Å². The summed E-state index contributed by atoms with van der Waals surface area (Å²) in [5, 5.41) is 10.3. The lowest BCUT2D eigenvalue weighted by Crippen LogP contribution is -2.14. The molecular weight excluding hydrogens is 312 g/mol. The van der Waals surface area contributed by atoms with E-state index in [9.17, 15) is 5.11 Å². The highest BCUT2D eigenvalue weighted by Gasteiger charge is 2.13. The fourth-order valence-electron chi connectivity index (χ4n) is 3.01. The molecule has 1 aliphatic rings. The highest BCUT2D eigenvalue weighted by Crippen LogP contribution is 2.24. The largest absolute Gasteiger partial charge is 0.392 e. The Balaban J connectivity index is 1.67. The number of aliphatic hydroxyl groups excluding tert-OH is 1. The molecule has 104 valence electrons. The third-order valence-corrected chi connectivity index (χ3v) is 4.82. The molecule has 2 aromatic rings. The molecule has 1 nitrogen and oxygen atoms in total. The van der Waals surface area contributed by atoms with Crippen molar-refractivity contribution in [3.05, 3.63) is 69.2 Å². The van der Waals surface area contributed by atoms with Gasteiger partial charge in [0.15, 0.2) is 0 Å². The average Bonchev–Trinajstić information content (AvgIpc) is 2.89. The number of halogens is 1. The van der Waals surface area contributed by atoms with Crippen LogP contribution in [0.3, 0.4) is 0 Å². The summed E-state index contributed by atoms with van der Waals surface area (Å²) >= 11 is 3.54. The lowest BCUT2D eigenvalue weighted by Gasteiger charge is -2.13. The van der Waals surface area contributed by atoms with Gasteiger partial charge in [-0.3, -0.25) is 0 Å². The Hall–Kier alpha value is -1.12. The second-order valence-corrected chi connectivity index (χ2v) is 6.46. The summed E-state index contributed by atoms with van der Waals surface area (Å²) in [4.78, 5) is 0. The monoisotopic (exact) mass is 330 g/mol. The molecule has 3 rings (SSSR count). The standard InChI is InChI=1S/C18H19BrO/c19-18-7-2-1-4-16(18)12-17(20)11-13-8-9-14-5-3-6-15(14)10-13/h1-2,4,7-10,17,20H,3,5-6,11-12H2. The quantitative estimate of drug-likeness (QED) is 0.895. The van der Waals surface area contributed by atoms with Crippen LogP contribution in [0.5, 0.6) is 0 Å². The van der Waals surface area contributed by atoms with E-state index < -0.39 is 0 Å². The van der Waals surface area contributed by atoms with Crippen molar-refractivity contribution in [3.63, 3.8) is 0 Å². The molecule has 0 radical (unpaired) electrons. The first-order chi connectivity index (χ1) is 9.72. The van der Waals surface area contributed by atoms with E-state index in [0.717, 1.165) is 10.9 Å². The summed E-state index contributed by atoms with van der Waals surface area (Å²) < 4.78 is 1.08. The van der Waals surface area contributed by atoms with Gasteiger partial charge in [0.25, 0.3) is 0 Å². The van der Waals surface area contributed by atoms with Crippen molar-refractivity contribution in [1.82, 2.24) is 0 Å². The summed E-state index contributed by atoms with van der Waals surface area (Å²) in [5.41, 5.74) is 5.40. The molecule has 0 saturated heterocycles. The number of benzene rings is 2. The number of aryl methyl sites for hydroxylation is 2. The fourth-order valence-corrected chi connectivity index (χ4v) is 3.46. The van der Waals surface area contributed by atoms with Crippen molar-refractivity contribution in [2.24, 2.45) is 0 Å². The second-order valence-electron chi connectivity index (χ2n) is 5.61. The minimum atomic E-state index is -0.326. The molecular formula is C18H19BrO. The molecule has 1 unspecified atom stereocenters. The minimum absolute atomic E-state index is 0.326. The molecule has 1 aliphatic carbocycles. The van der Waals surface area contributed by atoms with Gasteiger partial charge in [-0.25, -0.2) is 0 Å². The Morgan fingerprint density at radius 1 is 1.00 bits per heavy atom. The smallest absolute Gasteiger partial charge is 0.0621 e. The number of rotatable bonds is 4. The maximum atomic E-state index is 10.3. The van der Waals surface area contributed by atoms with E-state index in [1.165, 1.54) is 41.5 Å². The number of hydrogen-bond acceptors (Lipinski definition) is 1. The SMILES string of the molecule is OC(Cc1ccc2c(c1)CCC2)Cc1ccccc1Br. The van der Waals surface area contributed by atoms with Crippen LogP contribution in [0.1, 0.15) is 28.7 Å². The van der Waals surface area contributed by atoms with Gasteiger partial charge in [-0.05, 0) is 60.4 Å². The first kappa shape index (κ1) is 13.8. The zero-order valence-corrected chi connectivity index (χ0v) is 13.1. The van der Waals surface area contributed by atoms with Crippen LogP contribution in [0.4, 0.5) is 0 Å². The van der Waals surface area contributed by atoms with Crippen LogP contribution < -0.4 is 0 Å². The van der Waals surface area contributed by atoms with Crippen LogP contribution in [-0.4, -0.2) is 11.2 Å². The molecule has 0 aliphatic heterocycles. The topological polar surface area (TPSA) is 20.2 Å². The Morgan fingerprint density at radius 3 is 2.65 bits per heavy atom. The van der Waals surface area contributed by atoms with Gasteiger partial charge in [0.1, 0.15) is 0 Å². The summed E-state index contributed by atoms with van der Waals surface area (Å²) in [7, 11) is 0. The van der Waals surface area contributed by atoms with Crippen molar-refractivity contribution in [2.75, 3.05) is 0 Å². The van der Waals surface area contributed by atoms with E-state index in [1.807, 2.05) is 18.2 Å². The highest BCUT2D eigenvalue weighted by molar-refractivity contribution is 9.10. The Kier molecular flexibility index (Phi) is 4.23. The lowest BCUT2D eigenvalue weighted by atomic mass is 9.98. The number of fused-ring (bicyclic) bond motifs is 1. The minimum Gasteiger partial charge on any atom is -0.392 e. The zero-order valence-electron chi connectivity index (χ0n) is 11.5. The van der Waals surface area contributed by atoms with E-state index in [-0.39, 0.29) is 6.10 Å². The van der Waals surface area contributed by atoms with E-state index in [1.54, 1.807) is 0 Å². The summed E-state index contributed by atoms with van der Waals surface area (Å²) in [5.74, 6) is 0. The Bertz CT molecular complexity index is 606. The van der Waals surface area contributed by atoms with Crippen LogP contribution >= 0.6 is 15.9 Å². The molecule has 0 spiro atoms. The van der Waals surface area contributed by atoms with Crippen LogP contribution in [0.2, 0.25) is 0 Å². The fraction of sp³-hybridized carbons (Fsp3) is 0.333. The van der Waals surface area contributed by atoms with Crippen molar-refractivity contribution in [1.29, 1.82) is 0 Å². The molecule has 20 heavy (non-hydrogen) atoms. The van der Waals surface area contributed by atoms with Crippen molar-refractivity contribution >= 4 is 15.9 Å². The predicted octanol–water partition coefficient (Wildman–Crippen LogP) is 4.08. The number of hydrogen-bond donors (Lipinski definition) is 1. The van der Waals surface area contributed by atoms with Crippen molar-refractivity contribution < 1.29 is 5.11 Å². The summed E-state index contributed by atoms with van der Waals surface area (Å²) in [6.07, 6.45) is 4.79. The van der Waals surface area contributed by atoms with E-state index in [4.69, 9.17) is 0 Å². The van der Waals surface area contributed by atoms with Gasteiger partial charge in [0.2, 0.25) is 0 Å². The molecule has 1 atom stereocenters. The molecule has 2 aromatic carbocycles. The maximum absolute atomic E-state index is 10.3. The van der Waals surface area contributed by atoms with Crippen LogP contribution in [0.25, 0.3) is 0 Å². The normalized spacial score (nSPS) is 15.1. The zero-order chi connectivity index (χ0) is 13.9. The molecule has 0 heterocycles. The molecule has 1 N–H and O–H groups in total.